The molecule has 0 heterocycles. The SMILES string of the molecule is CCC1(CNC(=NC)NCCCNS(=O)(=O)CC)CCC1. The van der Waals surface area contributed by atoms with Crippen LogP contribution in [0.2, 0.25) is 0 Å². The molecule has 0 spiro atoms. The van der Waals surface area contributed by atoms with E-state index in [2.05, 4.69) is 27.3 Å². The lowest BCUT2D eigenvalue weighted by Gasteiger charge is -2.41. The van der Waals surface area contributed by atoms with E-state index >= 15 is 0 Å². The first-order valence-corrected chi connectivity index (χ1v) is 9.54. The van der Waals surface area contributed by atoms with E-state index in [1.54, 1.807) is 14.0 Å². The monoisotopic (exact) mass is 318 g/mol. The minimum atomic E-state index is -3.08. The van der Waals surface area contributed by atoms with Crippen molar-refractivity contribution in [3.63, 3.8) is 0 Å². The quantitative estimate of drug-likeness (QED) is 0.337. The zero-order valence-corrected chi connectivity index (χ0v) is 14.4. The van der Waals surface area contributed by atoms with Crippen molar-refractivity contribution < 1.29 is 8.42 Å². The summed E-state index contributed by atoms with van der Waals surface area (Å²) in [5, 5.41) is 6.60. The zero-order valence-electron chi connectivity index (χ0n) is 13.5. The molecule has 7 heteroatoms. The van der Waals surface area contributed by atoms with Crippen LogP contribution in [0.3, 0.4) is 0 Å². The molecule has 1 aliphatic rings. The van der Waals surface area contributed by atoms with Crippen LogP contribution in [0, 0.1) is 5.41 Å². The second-order valence-electron chi connectivity index (χ2n) is 5.71. The summed E-state index contributed by atoms with van der Waals surface area (Å²) in [6, 6.07) is 0. The molecule has 124 valence electrons. The summed E-state index contributed by atoms with van der Waals surface area (Å²) in [5.74, 6) is 0.927. The largest absolute Gasteiger partial charge is 0.356 e. The summed E-state index contributed by atoms with van der Waals surface area (Å²) in [5.41, 5.74) is 0.453. The average molecular weight is 318 g/mol. The van der Waals surface area contributed by atoms with Gasteiger partial charge in [-0.25, -0.2) is 13.1 Å². The van der Waals surface area contributed by atoms with Gasteiger partial charge in [0, 0.05) is 26.7 Å². The highest BCUT2D eigenvalue weighted by Gasteiger charge is 2.34. The van der Waals surface area contributed by atoms with Gasteiger partial charge in [-0.1, -0.05) is 13.3 Å². The molecule has 1 fully saturated rings. The molecule has 0 unspecified atom stereocenters. The third kappa shape index (κ3) is 6.22. The number of aliphatic imine (C=N–C) groups is 1. The van der Waals surface area contributed by atoms with E-state index < -0.39 is 10.0 Å². The van der Waals surface area contributed by atoms with E-state index in [4.69, 9.17) is 0 Å². The number of hydrogen-bond donors (Lipinski definition) is 3. The van der Waals surface area contributed by atoms with E-state index in [0.717, 1.165) is 18.9 Å². The van der Waals surface area contributed by atoms with Gasteiger partial charge >= 0.3 is 0 Å². The molecular formula is C14H30N4O2S. The van der Waals surface area contributed by atoms with Crippen molar-refractivity contribution in [1.82, 2.24) is 15.4 Å². The fourth-order valence-electron chi connectivity index (χ4n) is 2.45. The molecule has 3 N–H and O–H groups in total. The summed E-state index contributed by atoms with van der Waals surface area (Å²) in [6.45, 7) is 6.00. The van der Waals surface area contributed by atoms with Crippen molar-refractivity contribution in [3.8, 4) is 0 Å². The van der Waals surface area contributed by atoms with Gasteiger partial charge in [0.25, 0.3) is 0 Å². The highest BCUT2D eigenvalue weighted by Crippen LogP contribution is 2.42. The Labute approximate surface area is 129 Å². The van der Waals surface area contributed by atoms with Gasteiger partial charge in [0.15, 0.2) is 5.96 Å². The van der Waals surface area contributed by atoms with Crippen LogP contribution in [0.25, 0.3) is 0 Å². The standard InChI is InChI=1S/C14H30N4O2S/c1-4-14(8-6-9-14)12-17-13(15-3)16-10-7-11-18-21(19,20)5-2/h18H,4-12H2,1-3H3,(H2,15,16,17). The highest BCUT2D eigenvalue weighted by molar-refractivity contribution is 7.89. The first-order chi connectivity index (χ1) is 9.97. The maximum atomic E-state index is 11.3. The van der Waals surface area contributed by atoms with Crippen LogP contribution in [0.15, 0.2) is 4.99 Å². The van der Waals surface area contributed by atoms with Crippen molar-refractivity contribution in [2.75, 3.05) is 32.4 Å². The highest BCUT2D eigenvalue weighted by atomic mass is 32.2. The number of rotatable bonds is 9. The summed E-state index contributed by atoms with van der Waals surface area (Å²) < 4.78 is 25.1. The van der Waals surface area contributed by atoms with Gasteiger partial charge in [-0.2, -0.15) is 0 Å². The van der Waals surface area contributed by atoms with Gasteiger partial charge in [0.2, 0.25) is 10.0 Å². The van der Waals surface area contributed by atoms with Crippen molar-refractivity contribution >= 4 is 16.0 Å². The second kappa shape index (κ2) is 8.58. The Balaban J connectivity index is 2.17. The summed E-state index contributed by atoms with van der Waals surface area (Å²) in [6.07, 6.45) is 5.87. The maximum absolute atomic E-state index is 11.3. The minimum absolute atomic E-state index is 0.128. The van der Waals surface area contributed by atoms with Gasteiger partial charge < -0.3 is 10.6 Å². The first kappa shape index (κ1) is 18.2. The third-order valence-corrected chi connectivity index (χ3v) is 5.77. The van der Waals surface area contributed by atoms with E-state index in [-0.39, 0.29) is 5.75 Å². The molecule has 1 saturated carbocycles. The van der Waals surface area contributed by atoms with Crippen LogP contribution in [0.1, 0.15) is 46.0 Å². The molecule has 6 nitrogen and oxygen atoms in total. The molecule has 0 atom stereocenters. The fraction of sp³-hybridized carbons (Fsp3) is 0.929. The van der Waals surface area contributed by atoms with Gasteiger partial charge in [-0.15, -0.1) is 0 Å². The van der Waals surface area contributed by atoms with Gasteiger partial charge in [0.1, 0.15) is 0 Å². The number of hydrogen-bond acceptors (Lipinski definition) is 3. The molecule has 1 aliphatic carbocycles. The second-order valence-corrected chi connectivity index (χ2v) is 7.81. The van der Waals surface area contributed by atoms with Gasteiger partial charge in [-0.05, 0) is 38.0 Å². The van der Waals surface area contributed by atoms with Crippen LogP contribution in [-0.2, 0) is 10.0 Å². The van der Waals surface area contributed by atoms with Crippen molar-refractivity contribution in [2.24, 2.45) is 10.4 Å². The van der Waals surface area contributed by atoms with E-state index in [0.29, 0.717) is 18.5 Å². The average Bonchev–Trinajstić information content (AvgIpc) is 2.43. The zero-order chi connectivity index (χ0) is 15.8. The molecule has 1 rings (SSSR count). The Morgan fingerprint density at radius 3 is 2.38 bits per heavy atom. The number of sulfonamides is 1. The summed E-state index contributed by atoms with van der Waals surface area (Å²) in [4.78, 5) is 4.20. The summed E-state index contributed by atoms with van der Waals surface area (Å²) in [7, 11) is -1.32. The molecule has 0 saturated heterocycles. The third-order valence-electron chi connectivity index (χ3n) is 4.37. The van der Waals surface area contributed by atoms with Crippen LogP contribution >= 0.6 is 0 Å². The van der Waals surface area contributed by atoms with Crippen molar-refractivity contribution in [3.05, 3.63) is 0 Å². The molecule has 0 amide bonds. The van der Waals surface area contributed by atoms with E-state index in [1.807, 2.05) is 0 Å². The Bertz CT molecular complexity index is 425. The molecular weight excluding hydrogens is 288 g/mol. The maximum Gasteiger partial charge on any atom is 0.211 e. The van der Waals surface area contributed by atoms with Crippen molar-refractivity contribution in [2.45, 2.75) is 46.0 Å². The number of nitrogens with one attached hydrogen (secondary N) is 3. The van der Waals surface area contributed by atoms with Crippen LogP contribution < -0.4 is 15.4 Å². The van der Waals surface area contributed by atoms with Crippen LogP contribution in [0.4, 0.5) is 0 Å². The smallest absolute Gasteiger partial charge is 0.211 e. The van der Waals surface area contributed by atoms with Gasteiger partial charge in [-0.3, -0.25) is 4.99 Å². The molecule has 0 radical (unpaired) electrons. The molecule has 0 aliphatic heterocycles. The number of guanidine groups is 1. The predicted molar refractivity (Wildman–Crippen MR) is 88.0 cm³/mol. The molecule has 0 aromatic rings. The molecule has 0 bridgehead atoms. The lowest BCUT2D eigenvalue weighted by atomic mass is 9.67. The summed E-state index contributed by atoms with van der Waals surface area (Å²) >= 11 is 0. The topological polar surface area (TPSA) is 82.6 Å². The van der Waals surface area contributed by atoms with Gasteiger partial charge in [0.05, 0.1) is 5.75 Å². The van der Waals surface area contributed by atoms with Crippen LogP contribution in [0.5, 0.6) is 0 Å². The Morgan fingerprint density at radius 2 is 1.90 bits per heavy atom. The van der Waals surface area contributed by atoms with Crippen molar-refractivity contribution in [1.29, 1.82) is 0 Å². The van der Waals surface area contributed by atoms with E-state index in [9.17, 15) is 8.42 Å². The van der Waals surface area contributed by atoms with Crippen LogP contribution in [-0.4, -0.2) is 46.8 Å². The Kier molecular flexibility index (Phi) is 7.45. The lowest BCUT2D eigenvalue weighted by molar-refractivity contribution is 0.131. The minimum Gasteiger partial charge on any atom is -0.356 e. The fourth-order valence-corrected chi connectivity index (χ4v) is 3.11. The molecule has 0 aromatic carbocycles. The molecule has 21 heavy (non-hydrogen) atoms. The molecule has 0 aromatic heterocycles. The lowest BCUT2D eigenvalue weighted by Crippen LogP contribution is -2.46. The number of nitrogens with zero attached hydrogens (tertiary/aromatic N) is 1. The Hall–Kier alpha value is -0.820. The Morgan fingerprint density at radius 1 is 1.19 bits per heavy atom. The van der Waals surface area contributed by atoms with E-state index in [1.165, 1.54) is 25.7 Å². The first-order valence-electron chi connectivity index (χ1n) is 7.89. The normalized spacial score (nSPS) is 18.1. The predicted octanol–water partition coefficient (Wildman–Crippen LogP) is 1.06.